The van der Waals surface area contributed by atoms with Crippen molar-refractivity contribution in [2.45, 2.75) is 13.8 Å². The molecule has 0 bridgehead atoms. The molecule has 5 nitrogen and oxygen atoms in total. The van der Waals surface area contributed by atoms with Crippen molar-refractivity contribution in [3.8, 4) is 0 Å². The molecule has 0 aromatic rings. The number of nitrogens with zero attached hydrogens (tertiary/aromatic N) is 1. The first-order valence-corrected chi connectivity index (χ1v) is 5.58. The molecule has 6 heteroatoms. The van der Waals surface area contributed by atoms with E-state index in [0.29, 0.717) is 13.2 Å². The molecule has 0 N–H and O–H groups in total. The molecule has 0 aliphatic carbocycles. The Hall–Kier alpha value is -0.250. The number of hydrogen-bond donors (Lipinski definition) is 0. The van der Waals surface area contributed by atoms with E-state index in [4.69, 9.17) is 9.05 Å². The van der Waals surface area contributed by atoms with E-state index in [9.17, 15) is 9.47 Å². The third-order valence-electron chi connectivity index (χ3n) is 1.12. The molecule has 0 spiro atoms. The Kier molecular flexibility index (Phi) is 6.16. The Morgan fingerprint density at radius 3 is 2.08 bits per heavy atom. The molecule has 72 valence electrons. The molecule has 0 unspecified atom stereocenters. The van der Waals surface area contributed by atoms with E-state index in [1.54, 1.807) is 13.8 Å². The number of rotatable bonds is 7. The van der Waals surface area contributed by atoms with Gasteiger partial charge in [-0.3, -0.25) is 4.57 Å². The first-order valence-electron chi connectivity index (χ1n) is 3.85. The summed E-state index contributed by atoms with van der Waals surface area (Å²) in [5.74, 6) is 0. The molecule has 0 aromatic heterocycles. The summed E-state index contributed by atoms with van der Waals surface area (Å²) in [4.78, 5) is 9.78. The van der Waals surface area contributed by atoms with Crippen molar-refractivity contribution in [2.24, 2.45) is 5.18 Å². The van der Waals surface area contributed by atoms with Crippen molar-refractivity contribution in [1.82, 2.24) is 0 Å². The number of nitroso groups, excluding NO2 is 1. The molecule has 0 heterocycles. The van der Waals surface area contributed by atoms with Gasteiger partial charge in [0.05, 0.1) is 25.9 Å². The summed E-state index contributed by atoms with van der Waals surface area (Å²) >= 11 is 0. The fourth-order valence-corrected chi connectivity index (χ4v) is 2.17. The summed E-state index contributed by atoms with van der Waals surface area (Å²) in [7, 11) is -3.03. The maximum Gasteiger partial charge on any atom is 0.332 e. The molecule has 0 aliphatic heterocycles. The van der Waals surface area contributed by atoms with Crippen LogP contribution in [-0.2, 0) is 13.6 Å². The fraction of sp³-hybridized carbons (Fsp3) is 1.00. The second-order valence-corrected chi connectivity index (χ2v) is 4.21. The van der Waals surface area contributed by atoms with Crippen LogP contribution >= 0.6 is 7.60 Å². The van der Waals surface area contributed by atoms with Gasteiger partial charge in [-0.2, -0.15) is 4.91 Å². The van der Waals surface area contributed by atoms with E-state index in [2.05, 4.69) is 5.18 Å². The summed E-state index contributed by atoms with van der Waals surface area (Å²) in [6.45, 7) is 4.05. The molecule has 0 fully saturated rings. The monoisotopic (exact) mass is 195 g/mol. The second kappa shape index (κ2) is 6.29. The Labute approximate surface area is 71.9 Å². The lowest BCUT2D eigenvalue weighted by molar-refractivity contribution is 0.221. The molecule has 0 saturated carbocycles. The molecular formula is C6H14NO4P. The zero-order valence-corrected chi connectivity index (χ0v) is 8.25. The van der Waals surface area contributed by atoms with Crippen molar-refractivity contribution in [3.63, 3.8) is 0 Å². The van der Waals surface area contributed by atoms with Gasteiger partial charge in [0, 0.05) is 0 Å². The summed E-state index contributed by atoms with van der Waals surface area (Å²) in [5, 5.41) is 2.60. The molecule has 0 rings (SSSR count). The average Bonchev–Trinajstić information content (AvgIpc) is 2.02. The van der Waals surface area contributed by atoms with Crippen molar-refractivity contribution in [3.05, 3.63) is 4.91 Å². The van der Waals surface area contributed by atoms with Crippen LogP contribution in [0.15, 0.2) is 5.18 Å². The van der Waals surface area contributed by atoms with Gasteiger partial charge in [0.2, 0.25) is 0 Å². The van der Waals surface area contributed by atoms with Gasteiger partial charge >= 0.3 is 7.60 Å². The van der Waals surface area contributed by atoms with Gasteiger partial charge in [0.25, 0.3) is 0 Å². The lowest BCUT2D eigenvalue weighted by Crippen LogP contribution is -2.02. The zero-order valence-electron chi connectivity index (χ0n) is 7.36. The molecule has 12 heavy (non-hydrogen) atoms. The van der Waals surface area contributed by atoms with Crippen LogP contribution in [0.4, 0.5) is 0 Å². The van der Waals surface area contributed by atoms with Crippen LogP contribution in [0.3, 0.4) is 0 Å². The normalized spacial score (nSPS) is 11.5. The van der Waals surface area contributed by atoms with E-state index in [-0.39, 0.29) is 12.7 Å². The lowest BCUT2D eigenvalue weighted by atomic mass is 10.8. The highest BCUT2D eigenvalue weighted by Crippen LogP contribution is 2.47. The molecule has 0 saturated heterocycles. The van der Waals surface area contributed by atoms with Crippen molar-refractivity contribution >= 4 is 7.60 Å². The zero-order chi connectivity index (χ0) is 9.45. The molecule has 0 aromatic carbocycles. The Morgan fingerprint density at radius 2 is 1.75 bits per heavy atom. The highest BCUT2D eigenvalue weighted by atomic mass is 31.2. The van der Waals surface area contributed by atoms with Crippen LogP contribution in [-0.4, -0.2) is 25.9 Å². The summed E-state index contributed by atoms with van der Waals surface area (Å²) in [6.07, 6.45) is 0.0676. The predicted molar refractivity (Wildman–Crippen MR) is 46.4 cm³/mol. The van der Waals surface area contributed by atoms with Gasteiger partial charge < -0.3 is 9.05 Å². The van der Waals surface area contributed by atoms with Crippen molar-refractivity contribution in [2.75, 3.05) is 25.9 Å². The van der Waals surface area contributed by atoms with Gasteiger partial charge in [-0.15, -0.1) is 0 Å². The van der Waals surface area contributed by atoms with E-state index in [1.807, 2.05) is 0 Å². The summed E-state index contributed by atoms with van der Waals surface area (Å²) in [6, 6.07) is 0. The standard InChI is InChI=1S/C6H14NO4P/c1-3-10-12(9,11-4-2)6-5-7-8/h3-6H2,1-2H3. The van der Waals surface area contributed by atoms with Crippen molar-refractivity contribution in [1.29, 1.82) is 0 Å². The fourth-order valence-electron chi connectivity index (χ4n) is 0.723. The third-order valence-corrected chi connectivity index (χ3v) is 3.17. The van der Waals surface area contributed by atoms with Gasteiger partial charge in [-0.1, -0.05) is 5.18 Å². The quantitative estimate of drug-likeness (QED) is 0.460. The SMILES string of the molecule is CCOP(=O)(CCN=O)OCC. The van der Waals surface area contributed by atoms with Crippen LogP contribution in [0.1, 0.15) is 13.8 Å². The van der Waals surface area contributed by atoms with E-state index in [1.165, 1.54) is 0 Å². The van der Waals surface area contributed by atoms with Gasteiger partial charge in [0.15, 0.2) is 0 Å². The molecule has 0 radical (unpaired) electrons. The Morgan fingerprint density at radius 1 is 1.25 bits per heavy atom. The minimum Gasteiger partial charge on any atom is -0.309 e. The van der Waals surface area contributed by atoms with Gasteiger partial charge in [-0.05, 0) is 13.8 Å². The first kappa shape index (κ1) is 11.8. The van der Waals surface area contributed by atoms with Crippen LogP contribution in [0.2, 0.25) is 0 Å². The Balaban J connectivity index is 3.98. The van der Waals surface area contributed by atoms with E-state index >= 15 is 0 Å². The predicted octanol–water partition coefficient (Wildman–Crippen LogP) is 2.02. The highest BCUT2D eigenvalue weighted by Gasteiger charge is 2.22. The Bertz CT molecular complexity index is 163. The van der Waals surface area contributed by atoms with Gasteiger partial charge in [0.1, 0.15) is 0 Å². The van der Waals surface area contributed by atoms with Gasteiger partial charge in [-0.25, -0.2) is 0 Å². The molecule has 0 aliphatic rings. The minimum atomic E-state index is -3.03. The minimum absolute atomic E-state index is 0.0305. The smallest absolute Gasteiger partial charge is 0.309 e. The van der Waals surface area contributed by atoms with E-state index < -0.39 is 7.60 Å². The molecule has 0 atom stereocenters. The van der Waals surface area contributed by atoms with Crippen molar-refractivity contribution < 1.29 is 13.6 Å². The number of hydrogen-bond acceptors (Lipinski definition) is 5. The molecular weight excluding hydrogens is 181 g/mol. The molecule has 0 amide bonds. The largest absolute Gasteiger partial charge is 0.332 e. The summed E-state index contributed by atoms with van der Waals surface area (Å²) < 4.78 is 21.3. The van der Waals surface area contributed by atoms with E-state index in [0.717, 1.165) is 0 Å². The maximum atomic E-state index is 11.5. The average molecular weight is 195 g/mol. The summed E-state index contributed by atoms with van der Waals surface area (Å²) in [5.41, 5.74) is 0. The maximum absolute atomic E-state index is 11.5. The highest BCUT2D eigenvalue weighted by molar-refractivity contribution is 7.53. The second-order valence-electron chi connectivity index (χ2n) is 2.02. The lowest BCUT2D eigenvalue weighted by Gasteiger charge is -2.14. The van der Waals surface area contributed by atoms with Crippen LogP contribution in [0.5, 0.6) is 0 Å². The van der Waals surface area contributed by atoms with Crippen LogP contribution in [0, 0.1) is 4.91 Å². The third kappa shape index (κ3) is 4.59. The van der Waals surface area contributed by atoms with Crippen LogP contribution < -0.4 is 0 Å². The topological polar surface area (TPSA) is 65.0 Å². The first-order chi connectivity index (χ1) is 5.68. The van der Waals surface area contributed by atoms with Crippen LogP contribution in [0.25, 0.3) is 0 Å².